The number of allylic oxidation sites excluding steroid dienone is 9. The van der Waals surface area contributed by atoms with Crippen molar-refractivity contribution in [3.8, 4) is 0 Å². The average molecular weight is 642 g/mol. The summed E-state index contributed by atoms with van der Waals surface area (Å²) in [5.41, 5.74) is 0. The van der Waals surface area contributed by atoms with Crippen LogP contribution in [0.4, 0.5) is 0 Å². The van der Waals surface area contributed by atoms with Crippen molar-refractivity contribution in [2.24, 2.45) is 0 Å². The SMILES string of the molecule is CC/C=C\C/C=C\C/C=C\C/C=C\C/C=C\C(CCCCC(=O)NCC(=O)O)OC(=O)CCCCCCCCCCCCCCC. The quantitative estimate of drug-likeness (QED) is 0.0433. The third-order valence-electron chi connectivity index (χ3n) is 7.69. The van der Waals surface area contributed by atoms with Gasteiger partial charge in [0.25, 0.3) is 0 Å². The summed E-state index contributed by atoms with van der Waals surface area (Å²) in [4.78, 5) is 35.0. The second-order valence-electron chi connectivity index (χ2n) is 12.1. The van der Waals surface area contributed by atoms with E-state index in [0.29, 0.717) is 25.7 Å². The molecule has 0 aliphatic heterocycles. The minimum atomic E-state index is -1.05. The summed E-state index contributed by atoms with van der Waals surface area (Å²) in [6.07, 6.45) is 44.9. The molecule has 0 fully saturated rings. The topological polar surface area (TPSA) is 92.7 Å². The maximum atomic E-state index is 12.6. The summed E-state index contributed by atoms with van der Waals surface area (Å²) in [6.45, 7) is 4.04. The normalized spacial score (nSPS) is 12.7. The first kappa shape index (κ1) is 43.1. The fourth-order valence-corrected chi connectivity index (χ4v) is 4.99. The van der Waals surface area contributed by atoms with Gasteiger partial charge < -0.3 is 15.2 Å². The number of esters is 1. The molecule has 0 aromatic rings. The number of carboxylic acid groups (broad SMARTS) is 1. The fraction of sp³-hybridized carbons (Fsp3) is 0.675. The fourth-order valence-electron chi connectivity index (χ4n) is 4.99. The summed E-state index contributed by atoms with van der Waals surface area (Å²) in [5, 5.41) is 11.1. The average Bonchev–Trinajstić information content (AvgIpc) is 3.04. The van der Waals surface area contributed by atoms with Crippen LogP contribution < -0.4 is 5.32 Å². The summed E-state index contributed by atoms with van der Waals surface area (Å²) in [7, 11) is 0. The van der Waals surface area contributed by atoms with Crippen molar-refractivity contribution in [2.45, 2.75) is 168 Å². The van der Waals surface area contributed by atoms with E-state index in [1.165, 1.54) is 70.6 Å². The molecule has 0 aromatic carbocycles. The first-order valence-electron chi connectivity index (χ1n) is 18.4. The van der Waals surface area contributed by atoms with Gasteiger partial charge in [-0.05, 0) is 63.9 Å². The number of ether oxygens (including phenoxy) is 1. The number of carbonyl (C=O) groups is 3. The molecule has 0 saturated carbocycles. The molecule has 0 saturated heterocycles. The Morgan fingerprint density at radius 1 is 0.587 bits per heavy atom. The van der Waals surface area contributed by atoms with Crippen LogP contribution in [0, 0.1) is 0 Å². The molecule has 1 atom stereocenters. The predicted molar refractivity (Wildman–Crippen MR) is 194 cm³/mol. The summed E-state index contributed by atoms with van der Waals surface area (Å²) in [5.74, 6) is -1.48. The summed E-state index contributed by atoms with van der Waals surface area (Å²) in [6, 6.07) is 0. The van der Waals surface area contributed by atoms with E-state index in [2.05, 4.69) is 67.8 Å². The van der Waals surface area contributed by atoms with Crippen LogP contribution >= 0.6 is 0 Å². The van der Waals surface area contributed by atoms with Crippen LogP contribution in [0.1, 0.15) is 162 Å². The Labute approximate surface area is 281 Å². The van der Waals surface area contributed by atoms with E-state index in [9.17, 15) is 14.4 Å². The number of rotatable bonds is 32. The number of carbonyl (C=O) groups excluding carboxylic acids is 2. The Kier molecular flexibility index (Phi) is 32.8. The second kappa shape index (κ2) is 35.0. The van der Waals surface area contributed by atoms with Gasteiger partial charge in [-0.25, -0.2) is 0 Å². The maximum absolute atomic E-state index is 12.6. The number of unbranched alkanes of at least 4 members (excludes halogenated alkanes) is 13. The Balaban J connectivity index is 4.37. The molecule has 0 aromatic heterocycles. The smallest absolute Gasteiger partial charge is 0.322 e. The van der Waals surface area contributed by atoms with E-state index in [0.717, 1.165) is 44.9 Å². The minimum absolute atomic E-state index is 0.159. The molecule has 46 heavy (non-hydrogen) atoms. The van der Waals surface area contributed by atoms with Gasteiger partial charge in [-0.2, -0.15) is 0 Å². The van der Waals surface area contributed by atoms with Gasteiger partial charge in [0.05, 0.1) is 0 Å². The van der Waals surface area contributed by atoms with Gasteiger partial charge in [0.1, 0.15) is 12.6 Å². The number of hydrogen-bond donors (Lipinski definition) is 2. The number of hydrogen-bond acceptors (Lipinski definition) is 4. The molecule has 0 radical (unpaired) electrons. The van der Waals surface area contributed by atoms with Crippen LogP contribution in [0.5, 0.6) is 0 Å². The molecule has 262 valence electrons. The maximum Gasteiger partial charge on any atom is 0.322 e. The third kappa shape index (κ3) is 34.0. The van der Waals surface area contributed by atoms with Crippen molar-refractivity contribution in [3.05, 3.63) is 60.8 Å². The Hall–Kier alpha value is -2.89. The number of aliphatic carboxylic acids is 1. The minimum Gasteiger partial charge on any atom is -0.480 e. The van der Waals surface area contributed by atoms with Crippen LogP contribution in [0.2, 0.25) is 0 Å². The Morgan fingerprint density at radius 3 is 1.54 bits per heavy atom. The van der Waals surface area contributed by atoms with Crippen LogP contribution in [0.15, 0.2) is 60.8 Å². The highest BCUT2D eigenvalue weighted by atomic mass is 16.5. The molecule has 6 nitrogen and oxygen atoms in total. The molecule has 0 heterocycles. The molecule has 1 unspecified atom stereocenters. The molecule has 1 amide bonds. The molecule has 0 rings (SSSR count). The lowest BCUT2D eigenvalue weighted by atomic mass is 10.0. The van der Waals surface area contributed by atoms with Gasteiger partial charge in [0.2, 0.25) is 5.91 Å². The molecule has 0 aliphatic rings. The van der Waals surface area contributed by atoms with E-state index in [1.807, 2.05) is 12.2 Å². The van der Waals surface area contributed by atoms with Gasteiger partial charge in [-0.1, -0.05) is 146 Å². The Bertz CT molecular complexity index is 886. The van der Waals surface area contributed by atoms with Crippen molar-refractivity contribution in [1.82, 2.24) is 5.32 Å². The van der Waals surface area contributed by atoms with Crippen LogP contribution in [0.25, 0.3) is 0 Å². The molecular formula is C40H67NO5. The third-order valence-corrected chi connectivity index (χ3v) is 7.69. The van der Waals surface area contributed by atoms with Crippen LogP contribution in [-0.4, -0.2) is 35.6 Å². The predicted octanol–water partition coefficient (Wildman–Crippen LogP) is 10.9. The summed E-state index contributed by atoms with van der Waals surface area (Å²) >= 11 is 0. The van der Waals surface area contributed by atoms with E-state index in [-0.39, 0.29) is 30.9 Å². The number of nitrogens with one attached hydrogen (secondary N) is 1. The Morgan fingerprint density at radius 2 is 1.04 bits per heavy atom. The van der Waals surface area contributed by atoms with Crippen molar-refractivity contribution >= 4 is 17.8 Å². The van der Waals surface area contributed by atoms with E-state index in [4.69, 9.17) is 9.84 Å². The number of carboxylic acids is 1. The lowest BCUT2D eigenvalue weighted by molar-refractivity contribution is -0.147. The molecule has 0 aliphatic carbocycles. The summed E-state index contributed by atoms with van der Waals surface area (Å²) < 4.78 is 5.81. The highest BCUT2D eigenvalue weighted by Gasteiger charge is 2.12. The largest absolute Gasteiger partial charge is 0.480 e. The van der Waals surface area contributed by atoms with Gasteiger partial charge in [-0.3, -0.25) is 14.4 Å². The number of amides is 1. The molecule has 0 bridgehead atoms. The molecule has 0 spiro atoms. The first-order valence-corrected chi connectivity index (χ1v) is 18.4. The second-order valence-corrected chi connectivity index (χ2v) is 12.1. The highest BCUT2D eigenvalue weighted by molar-refractivity contribution is 5.80. The highest BCUT2D eigenvalue weighted by Crippen LogP contribution is 2.15. The lowest BCUT2D eigenvalue weighted by Crippen LogP contribution is -2.28. The van der Waals surface area contributed by atoms with Gasteiger partial charge in [0.15, 0.2) is 0 Å². The van der Waals surface area contributed by atoms with Crippen molar-refractivity contribution in [3.63, 3.8) is 0 Å². The monoisotopic (exact) mass is 642 g/mol. The van der Waals surface area contributed by atoms with Gasteiger partial charge >= 0.3 is 11.9 Å². The van der Waals surface area contributed by atoms with Crippen molar-refractivity contribution in [2.75, 3.05) is 6.54 Å². The van der Waals surface area contributed by atoms with Gasteiger partial charge in [-0.15, -0.1) is 0 Å². The molecule has 2 N–H and O–H groups in total. The van der Waals surface area contributed by atoms with Crippen LogP contribution in [0.3, 0.4) is 0 Å². The van der Waals surface area contributed by atoms with Gasteiger partial charge in [0, 0.05) is 12.8 Å². The van der Waals surface area contributed by atoms with E-state index in [1.54, 1.807) is 0 Å². The zero-order valence-corrected chi connectivity index (χ0v) is 29.4. The lowest BCUT2D eigenvalue weighted by Gasteiger charge is -2.14. The van der Waals surface area contributed by atoms with Crippen LogP contribution in [-0.2, 0) is 19.1 Å². The standard InChI is InChI=1S/C40H67NO5/c1-3-5-7-9-11-13-15-17-19-20-22-24-26-28-32-37(33-30-31-34-38(42)41-36-39(43)44)46-40(45)35-29-27-25-23-21-18-16-14-12-10-8-6-4-2/h5,7,11,13,17,19,22,24,28,32,37H,3-4,6,8-10,12,14-16,18,20-21,23,25-27,29-31,33-36H2,1-2H3,(H,41,42)(H,43,44)/b7-5-,13-11-,19-17-,24-22-,32-28-. The molecule has 6 heteroatoms. The van der Waals surface area contributed by atoms with Crippen molar-refractivity contribution in [1.29, 1.82) is 0 Å². The first-order chi connectivity index (χ1) is 22.5. The van der Waals surface area contributed by atoms with Crippen molar-refractivity contribution < 1.29 is 24.2 Å². The van der Waals surface area contributed by atoms with E-state index >= 15 is 0 Å². The zero-order chi connectivity index (χ0) is 33.8. The molecular weight excluding hydrogens is 574 g/mol. The zero-order valence-electron chi connectivity index (χ0n) is 29.4. The van der Waals surface area contributed by atoms with E-state index < -0.39 is 5.97 Å².